The molecule has 37 heavy (non-hydrogen) atoms. The Morgan fingerprint density at radius 1 is 1.14 bits per heavy atom. The quantitative estimate of drug-likeness (QED) is 0.568. The molecule has 9 heteroatoms. The van der Waals surface area contributed by atoms with Crippen molar-refractivity contribution in [3.63, 3.8) is 0 Å². The average Bonchev–Trinajstić information content (AvgIpc) is 2.87. The molecule has 4 heterocycles. The second-order valence-corrected chi connectivity index (χ2v) is 11.6. The van der Waals surface area contributed by atoms with Crippen LogP contribution in [0.15, 0.2) is 42.6 Å². The lowest BCUT2D eigenvalue weighted by molar-refractivity contribution is -0.121. The van der Waals surface area contributed by atoms with Gasteiger partial charge in [0, 0.05) is 69.8 Å². The third-order valence-electron chi connectivity index (χ3n) is 8.33. The zero-order chi connectivity index (χ0) is 26.0. The van der Waals surface area contributed by atoms with E-state index in [0.29, 0.717) is 40.9 Å². The molecule has 3 aliphatic heterocycles. The number of carbonyl (C=O) groups excluding carboxylic acids is 2. The number of aromatic nitrogens is 1. The van der Waals surface area contributed by atoms with Crippen molar-refractivity contribution in [3.8, 4) is 0 Å². The molecule has 198 valence electrons. The van der Waals surface area contributed by atoms with E-state index in [1.807, 2.05) is 35.2 Å². The number of hydrogen-bond acceptors (Lipinski definition) is 5. The summed E-state index contributed by atoms with van der Waals surface area (Å²) in [5.74, 6) is 0.875. The Morgan fingerprint density at radius 3 is 2.59 bits per heavy atom. The molecule has 0 radical (unpaired) electrons. The predicted octanol–water partition coefficient (Wildman–Crippen LogP) is 4.13. The number of benzene rings is 1. The van der Waals surface area contributed by atoms with E-state index in [9.17, 15) is 9.59 Å². The maximum Gasteiger partial charge on any atom is 0.228 e. The molecule has 7 nitrogen and oxygen atoms in total. The van der Waals surface area contributed by atoms with Crippen LogP contribution in [-0.4, -0.2) is 78.0 Å². The highest BCUT2D eigenvalue weighted by Crippen LogP contribution is 2.41. The van der Waals surface area contributed by atoms with Gasteiger partial charge in [0.2, 0.25) is 11.8 Å². The van der Waals surface area contributed by atoms with Gasteiger partial charge in [-0.3, -0.25) is 19.4 Å². The summed E-state index contributed by atoms with van der Waals surface area (Å²) < 4.78 is 0. The molecular formula is C28H35Cl2N5O2. The summed E-state index contributed by atoms with van der Waals surface area (Å²) in [4.78, 5) is 35.7. The van der Waals surface area contributed by atoms with E-state index in [1.165, 1.54) is 0 Å². The SMILES string of the molecule is CC(=O)NC1CCN(C2CN(CC[C@]3(c4ccc(Cl)c(Cl)c4)CCC(=O)N(c4ccccn4)C3)C2)CC1. The van der Waals surface area contributed by atoms with Gasteiger partial charge in [0.15, 0.2) is 0 Å². The lowest BCUT2D eigenvalue weighted by atomic mass is 9.71. The van der Waals surface area contributed by atoms with E-state index < -0.39 is 0 Å². The van der Waals surface area contributed by atoms with E-state index in [1.54, 1.807) is 13.1 Å². The van der Waals surface area contributed by atoms with Gasteiger partial charge in [0.1, 0.15) is 5.82 Å². The van der Waals surface area contributed by atoms with E-state index >= 15 is 0 Å². The van der Waals surface area contributed by atoms with Gasteiger partial charge in [0.25, 0.3) is 0 Å². The summed E-state index contributed by atoms with van der Waals surface area (Å²) in [6.07, 6.45) is 5.96. The number of anilines is 1. The molecule has 3 saturated heterocycles. The van der Waals surface area contributed by atoms with Gasteiger partial charge in [-0.05, 0) is 62.1 Å². The van der Waals surface area contributed by atoms with Crippen molar-refractivity contribution >= 4 is 40.8 Å². The molecule has 2 amide bonds. The maximum absolute atomic E-state index is 12.9. The molecular weight excluding hydrogens is 509 g/mol. The normalized spacial score (nSPS) is 24.2. The molecule has 0 saturated carbocycles. The van der Waals surface area contributed by atoms with Gasteiger partial charge in [-0.25, -0.2) is 4.98 Å². The number of nitrogens with zero attached hydrogens (tertiary/aromatic N) is 4. The zero-order valence-corrected chi connectivity index (χ0v) is 22.8. The van der Waals surface area contributed by atoms with Crippen LogP contribution in [0.3, 0.4) is 0 Å². The highest BCUT2D eigenvalue weighted by molar-refractivity contribution is 6.42. The van der Waals surface area contributed by atoms with Crippen LogP contribution in [0.25, 0.3) is 0 Å². The molecule has 1 aromatic heterocycles. The number of nitrogens with one attached hydrogen (secondary N) is 1. The monoisotopic (exact) mass is 543 g/mol. The van der Waals surface area contributed by atoms with Crippen LogP contribution in [0.5, 0.6) is 0 Å². The number of pyridine rings is 1. The number of likely N-dealkylation sites (tertiary alicyclic amines) is 2. The van der Waals surface area contributed by atoms with Gasteiger partial charge in [-0.1, -0.05) is 35.3 Å². The van der Waals surface area contributed by atoms with Gasteiger partial charge >= 0.3 is 0 Å². The number of hydrogen-bond donors (Lipinski definition) is 1. The summed E-state index contributed by atoms with van der Waals surface area (Å²) in [5, 5.41) is 4.15. The standard InChI is InChI=1S/C28H35Cl2N5O2/c1-20(36)32-22-8-13-34(14-9-22)23-17-33(18-23)15-11-28(21-5-6-24(29)25(30)16-21)10-7-27(37)35(19-28)26-4-2-3-12-31-26/h2-6,12,16,22-23H,7-11,13-15,17-19H2,1H3,(H,32,36)/t28-/m1/s1. The Bertz CT molecular complexity index is 1120. The van der Waals surface area contributed by atoms with Gasteiger partial charge in [-0.15, -0.1) is 0 Å². The zero-order valence-electron chi connectivity index (χ0n) is 21.3. The Morgan fingerprint density at radius 2 is 1.92 bits per heavy atom. The number of halogens is 2. The van der Waals surface area contributed by atoms with Crippen molar-refractivity contribution in [2.75, 3.05) is 44.2 Å². The maximum atomic E-state index is 12.9. The van der Waals surface area contributed by atoms with Gasteiger partial charge in [-0.2, -0.15) is 0 Å². The van der Waals surface area contributed by atoms with E-state index in [2.05, 4.69) is 26.2 Å². The smallest absolute Gasteiger partial charge is 0.228 e. The van der Waals surface area contributed by atoms with Crippen molar-refractivity contribution in [3.05, 3.63) is 58.2 Å². The molecule has 1 N–H and O–H groups in total. The molecule has 0 spiro atoms. The van der Waals surface area contributed by atoms with Crippen molar-refractivity contribution in [2.45, 2.75) is 56.5 Å². The summed E-state index contributed by atoms with van der Waals surface area (Å²) in [6.45, 7) is 7.34. The first kappa shape index (κ1) is 26.4. The molecule has 1 aromatic carbocycles. The van der Waals surface area contributed by atoms with Crippen LogP contribution in [0.4, 0.5) is 5.82 Å². The summed E-state index contributed by atoms with van der Waals surface area (Å²) in [6, 6.07) is 12.5. The Balaban J connectivity index is 1.25. The number of rotatable bonds is 7. The summed E-state index contributed by atoms with van der Waals surface area (Å²) >= 11 is 12.7. The van der Waals surface area contributed by atoms with Crippen LogP contribution in [0, 0.1) is 0 Å². The first-order chi connectivity index (χ1) is 17.8. The summed E-state index contributed by atoms with van der Waals surface area (Å²) in [5.41, 5.74) is 0.911. The highest BCUT2D eigenvalue weighted by Gasteiger charge is 2.42. The second-order valence-electron chi connectivity index (χ2n) is 10.8. The number of piperidine rings is 2. The third-order valence-corrected chi connectivity index (χ3v) is 9.07. The Labute approximate surface area is 229 Å². The first-order valence-electron chi connectivity index (χ1n) is 13.2. The van der Waals surface area contributed by atoms with Crippen LogP contribution in [0.2, 0.25) is 10.0 Å². The molecule has 0 aliphatic carbocycles. The molecule has 3 aliphatic rings. The fraction of sp³-hybridized carbons (Fsp3) is 0.536. The highest BCUT2D eigenvalue weighted by atomic mass is 35.5. The fourth-order valence-corrected chi connectivity index (χ4v) is 6.41. The first-order valence-corrected chi connectivity index (χ1v) is 14.0. The van der Waals surface area contributed by atoms with Crippen LogP contribution >= 0.6 is 23.2 Å². The Kier molecular flexibility index (Phi) is 8.05. The van der Waals surface area contributed by atoms with Gasteiger partial charge in [0.05, 0.1) is 10.0 Å². The van der Waals surface area contributed by atoms with Crippen LogP contribution < -0.4 is 10.2 Å². The fourth-order valence-electron chi connectivity index (χ4n) is 6.11. The molecule has 0 unspecified atom stereocenters. The molecule has 5 rings (SSSR count). The van der Waals surface area contributed by atoms with E-state index in [-0.39, 0.29) is 17.2 Å². The largest absolute Gasteiger partial charge is 0.354 e. The van der Waals surface area contributed by atoms with Crippen molar-refractivity contribution in [2.24, 2.45) is 0 Å². The average molecular weight is 545 g/mol. The number of carbonyl (C=O) groups is 2. The second kappa shape index (κ2) is 11.3. The topological polar surface area (TPSA) is 68.8 Å². The molecule has 3 fully saturated rings. The molecule has 2 aromatic rings. The van der Waals surface area contributed by atoms with Crippen LogP contribution in [-0.2, 0) is 15.0 Å². The van der Waals surface area contributed by atoms with Crippen molar-refractivity contribution in [1.29, 1.82) is 0 Å². The molecule has 1 atom stereocenters. The van der Waals surface area contributed by atoms with E-state index in [0.717, 1.165) is 64.0 Å². The lowest BCUT2D eigenvalue weighted by Crippen LogP contribution is -2.62. The minimum Gasteiger partial charge on any atom is -0.354 e. The number of amides is 2. The van der Waals surface area contributed by atoms with Crippen LogP contribution in [0.1, 0.15) is 44.6 Å². The Hall–Kier alpha value is -2.19. The predicted molar refractivity (Wildman–Crippen MR) is 147 cm³/mol. The van der Waals surface area contributed by atoms with Crippen molar-refractivity contribution < 1.29 is 9.59 Å². The minimum absolute atomic E-state index is 0.0650. The lowest BCUT2D eigenvalue weighted by Gasteiger charge is -2.49. The molecule has 0 bridgehead atoms. The van der Waals surface area contributed by atoms with E-state index in [4.69, 9.17) is 23.2 Å². The van der Waals surface area contributed by atoms with Crippen molar-refractivity contribution in [1.82, 2.24) is 20.1 Å². The third kappa shape index (κ3) is 5.95. The minimum atomic E-state index is -0.221. The summed E-state index contributed by atoms with van der Waals surface area (Å²) in [7, 11) is 0. The van der Waals surface area contributed by atoms with Gasteiger partial charge < -0.3 is 10.2 Å².